The van der Waals surface area contributed by atoms with E-state index in [2.05, 4.69) is 4.98 Å². The molecule has 66 valence electrons. The molecule has 13 heavy (non-hydrogen) atoms. The molecule has 1 fully saturated rings. The molecule has 0 saturated carbocycles. The minimum Gasteiger partial charge on any atom is -0.458 e. The van der Waals surface area contributed by atoms with Gasteiger partial charge >= 0.3 is 5.97 Å². The van der Waals surface area contributed by atoms with Crippen molar-refractivity contribution >= 4 is 5.97 Å². The largest absolute Gasteiger partial charge is 0.458 e. The Hall–Kier alpha value is -1.42. The third kappa shape index (κ3) is 0.833. The first-order chi connectivity index (χ1) is 6.32. The Morgan fingerprint density at radius 1 is 1.46 bits per heavy atom. The van der Waals surface area contributed by atoms with Crippen LogP contribution >= 0.6 is 0 Å². The highest BCUT2D eigenvalue weighted by molar-refractivity contribution is 5.92. The van der Waals surface area contributed by atoms with E-state index in [1.54, 1.807) is 18.3 Å². The van der Waals surface area contributed by atoms with Crippen LogP contribution in [0.2, 0.25) is 0 Å². The molecule has 2 aliphatic heterocycles. The van der Waals surface area contributed by atoms with Gasteiger partial charge in [0, 0.05) is 6.20 Å². The average molecular weight is 177 g/mol. The molecule has 3 rings (SSSR count). The minimum atomic E-state index is -0.412. The lowest BCUT2D eigenvalue weighted by Gasteiger charge is -2.20. The number of pyridine rings is 1. The SMILES string of the molecule is O=C1OCC2(CO2)c2ncccc21. The van der Waals surface area contributed by atoms with Crippen molar-refractivity contribution < 1.29 is 14.3 Å². The maximum absolute atomic E-state index is 11.3. The fourth-order valence-electron chi connectivity index (χ4n) is 1.57. The van der Waals surface area contributed by atoms with Gasteiger partial charge in [0.2, 0.25) is 0 Å². The van der Waals surface area contributed by atoms with Crippen molar-refractivity contribution in [3.05, 3.63) is 29.6 Å². The molecule has 0 radical (unpaired) electrons. The van der Waals surface area contributed by atoms with Crippen molar-refractivity contribution in [1.82, 2.24) is 4.98 Å². The topological polar surface area (TPSA) is 51.7 Å². The Morgan fingerprint density at radius 3 is 3.08 bits per heavy atom. The first-order valence-corrected chi connectivity index (χ1v) is 4.08. The molecule has 0 amide bonds. The summed E-state index contributed by atoms with van der Waals surface area (Å²) in [6.07, 6.45) is 1.67. The van der Waals surface area contributed by atoms with Crippen LogP contribution in [0.15, 0.2) is 18.3 Å². The van der Waals surface area contributed by atoms with Crippen molar-refractivity contribution in [2.45, 2.75) is 5.60 Å². The molecular formula is C9H7NO3. The summed E-state index contributed by atoms with van der Waals surface area (Å²) in [7, 11) is 0. The van der Waals surface area contributed by atoms with Crippen LogP contribution in [0.3, 0.4) is 0 Å². The minimum absolute atomic E-state index is 0.301. The molecular weight excluding hydrogens is 170 g/mol. The standard InChI is InChI=1S/C9H7NO3/c11-8-6-2-1-3-10-7(6)9(4-12-8)5-13-9/h1-3H,4-5H2. The fraction of sp³-hybridized carbons (Fsp3) is 0.333. The van der Waals surface area contributed by atoms with Gasteiger partial charge in [-0.2, -0.15) is 0 Å². The van der Waals surface area contributed by atoms with Gasteiger partial charge in [0.05, 0.1) is 17.9 Å². The quantitative estimate of drug-likeness (QED) is 0.427. The molecule has 3 heterocycles. The van der Waals surface area contributed by atoms with Crippen molar-refractivity contribution in [3.8, 4) is 0 Å². The van der Waals surface area contributed by atoms with E-state index in [9.17, 15) is 4.79 Å². The predicted octanol–water partition coefficient (Wildman–Crippen LogP) is 0.478. The van der Waals surface area contributed by atoms with Crippen LogP contribution in [0, 0.1) is 0 Å². The highest BCUT2D eigenvalue weighted by Crippen LogP contribution is 2.42. The first kappa shape index (κ1) is 7.03. The van der Waals surface area contributed by atoms with E-state index in [4.69, 9.17) is 9.47 Å². The summed E-state index contributed by atoms with van der Waals surface area (Å²) in [5.41, 5.74) is 0.849. The number of aromatic nitrogens is 1. The Morgan fingerprint density at radius 2 is 2.31 bits per heavy atom. The number of rotatable bonds is 0. The summed E-state index contributed by atoms with van der Waals surface area (Å²) >= 11 is 0. The zero-order chi connectivity index (χ0) is 8.89. The number of hydrogen-bond donors (Lipinski definition) is 0. The monoisotopic (exact) mass is 177 g/mol. The van der Waals surface area contributed by atoms with Crippen LogP contribution in [-0.4, -0.2) is 24.2 Å². The second kappa shape index (κ2) is 2.09. The van der Waals surface area contributed by atoms with Gasteiger partial charge in [-0.15, -0.1) is 0 Å². The highest BCUT2D eigenvalue weighted by Gasteiger charge is 2.53. The molecule has 1 aromatic heterocycles. The van der Waals surface area contributed by atoms with Gasteiger partial charge in [0.25, 0.3) is 0 Å². The molecule has 1 unspecified atom stereocenters. The Kier molecular flexibility index (Phi) is 1.13. The van der Waals surface area contributed by atoms with Gasteiger partial charge in [-0.05, 0) is 12.1 Å². The van der Waals surface area contributed by atoms with E-state index in [1.807, 2.05) is 0 Å². The number of carbonyl (C=O) groups is 1. The van der Waals surface area contributed by atoms with E-state index >= 15 is 0 Å². The van der Waals surface area contributed by atoms with E-state index in [-0.39, 0.29) is 5.97 Å². The van der Waals surface area contributed by atoms with Crippen molar-refractivity contribution in [2.24, 2.45) is 0 Å². The summed E-state index contributed by atoms with van der Waals surface area (Å²) in [5.74, 6) is -0.302. The molecule has 1 atom stereocenters. The molecule has 0 bridgehead atoms. The summed E-state index contributed by atoms with van der Waals surface area (Å²) < 4.78 is 10.3. The number of cyclic esters (lactones) is 1. The molecule has 0 N–H and O–H groups in total. The number of esters is 1. The van der Waals surface area contributed by atoms with Crippen LogP contribution in [0.1, 0.15) is 16.1 Å². The van der Waals surface area contributed by atoms with Crippen LogP contribution in [-0.2, 0) is 15.1 Å². The fourth-order valence-corrected chi connectivity index (χ4v) is 1.57. The third-order valence-electron chi connectivity index (χ3n) is 2.39. The van der Waals surface area contributed by atoms with E-state index in [0.717, 1.165) is 5.69 Å². The number of hydrogen-bond acceptors (Lipinski definition) is 4. The van der Waals surface area contributed by atoms with Crippen molar-refractivity contribution in [2.75, 3.05) is 13.2 Å². The van der Waals surface area contributed by atoms with Gasteiger partial charge < -0.3 is 9.47 Å². The van der Waals surface area contributed by atoms with Gasteiger partial charge in [-0.25, -0.2) is 4.79 Å². The Balaban J connectivity index is 2.22. The maximum atomic E-state index is 11.3. The number of carbonyl (C=O) groups excluding carboxylic acids is 1. The Bertz CT molecular complexity index is 384. The molecule has 1 spiro atoms. The van der Waals surface area contributed by atoms with Crippen LogP contribution in [0.25, 0.3) is 0 Å². The first-order valence-electron chi connectivity index (χ1n) is 4.08. The zero-order valence-corrected chi connectivity index (χ0v) is 6.82. The van der Waals surface area contributed by atoms with Gasteiger partial charge in [-0.1, -0.05) is 0 Å². The molecule has 1 saturated heterocycles. The Labute approximate surface area is 74.5 Å². The normalized spacial score (nSPS) is 29.7. The van der Waals surface area contributed by atoms with Crippen LogP contribution in [0.4, 0.5) is 0 Å². The maximum Gasteiger partial charge on any atom is 0.340 e. The highest BCUT2D eigenvalue weighted by atomic mass is 16.6. The number of ether oxygens (including phenoxy) is 2. The second-order valence-electron chi connectivity index (χ2n) is 3.26. The van der Waals surface area contributed by atoms with Crippen LogP contribution < -0.4 is 0 Å². The molecule has 4 heteroatoms. The summed E-state index contributed by atoms with van der Waals surface area (Å²) in [4.78, 5) is 15.4. The van der Waals surface area contributed by atoms with E-state index < -0.39 is 5.60 Å². The number of fused-ring (bicyclic) bond motifs is 2. The lowest BCUT2D eigenvalue weighted by molar-refractivity contribution is 0.0320. The summed E-state index contributed by atoms with van der Waals surface area (Å²) in [6.45, 7) is 0.903. The molecule has 1 aromatic rings. The zero-order valence-electron chi connectivity index (χ0n) is 6.82. The number of nitrogens with zero attached hydrogens (tertiary/aromatic N) is 1. The van der Waals surface area contributed by atoms with E-state index in [0.29, 0.717) is 18.8 Å². The number of epoxide rings is 1. The molecule has 4 nitrogen and oxygen atoms in total. The van der Waals surface area contributed by atoms with Gasteiger partial charge in [0.1, 0.15) is 6.61 Å². The van der Waals surface area contributed by atoms with Crippen molar-refractivity contribution in [1.29, 1.82) is 0 Å². The third-order valence-corrected chi connectivity index (χ3v) is 2.39. The molecule has 0 aromatic carbocycles. The summed E-state index contributed by atoms with van der Waals surface area (Å²) in [6, 6.07) is 3.44. The van der Waals surface area contributed by atoms with Crippen molar-refractivity contribution in [3.63, 3.8) is 0 Å². The predicted molar refractivity (Wildman–Crippen MR) is 42.1 cm³/mol. The van der Waals surface area contributed by atoms with Gasteiger partial charge in [0.15, 0.2) is 5.60 Å². The molecule has 0 aliphatic carbocycles. The summed E-state index contributed by atoms with van der Waals surface area (Å²) in [5, 5.41) is 0. The smallest absolute Gasteiger partial charge is 0.340 e. The van der Waals surface area contributed by atoms with Gasteiger partial charge in [-0.3, -0.25) is 4.98 Å². The lowest BCUT2D eigenvalue weighted by atomic mass is 9.99. The lowest BCUT2D eigenvalue weighted by Crippen LogP contribution is -2.30. The van der Waals surface area contributed by atoms with Crippen LogP contribution in [0.5, 0.6) is 0 Å². The average Bonchev–Trinajstić information content (AvgIpc) is 2.94. The van der Waals surface area contributed by atoms with E-state index in [1.165, 1.54) is 0 Å². The molecule has 2 aliphatic rings. The second-order valence-corrected chi connectivity index (χ2v) is 3.26.